The molecule has 0 aromatic heterocycles. The van der Waals surface area contributed by atoms with E-state index in [1.54, 1.807) is 6.07 Å². The van der Waals surface area contributed by atoms with Gasteiger partial charge in [0.1, 0.15) is 18.0 Å². The number of carbonyl (C=O) groups is 3. The molecule has 0 spiro atoms. The number of nitrogens with zero attached hydrogens (tertiary/aromatic N) is 1. The molecule has 3 aromatic rings. The molecular weight excluding hydrogens is 487 g/mol. The molecule has 1 fully saturated rings. The number of aryl methyl sites for hydroxylation is 2. The maximum Gasteiger partial charge on any atom is 0.336 e. The fraction of sp³-hybridized carbons (Fsp3) is 0.148. The predicted molar refractivity (Wildman–Crippen MR) is 134 cm³/mol. The van der Waals surface area contributed by atoms with Gasteiger partial charge in [0.2, 0.25) is 0 Å². The van der Waals surface area contributed by atoms with Gasteiger partial charge in [-0.15, -0.1) is 0 Å². The van der Waals surface area contributed by atoms with Gasteiger partial charge in [0.15, 0.2) is 11.5 Å². The maximum atomic E-state index is 14.3. The Balaban J connectivity index is 1.64. The number of hydrogen-bond acceptors (Lipinski definition) is 5. The second-order valence-corrected chi connectivity index (χ2v) is 8.56. The van der Waals surface area contributed by atoms with Crippen LogP contribution in [0.1, 0.15) is 22.3 Å². The van der Waals surface area contributed by atoms with E-state index in [0.29, 0.717) is 16.2 Å². The summed E-state index contributed by atoms with van der Waals surface area (Å²) in [7, 11) is 1.43. The fourth-order valence-electron chi connectivity index (χ4n) is 3.69. The summed E-state index contributed by atoms with van der Waals surface area (Å²) < 4.78 is 25.6. The number of anilines is 1. The average Bonchev–Trinajstić information content (AvgIpc) is 2.84. The van der Waals surface area contributed by atoms with Gasteiger partial charge in [0.25, 0.3) is 11.8 Å². The first-order valence-electron chi connectivity index (χ1n) is 10.9. The SMILES string of the molecule is COc1cc(/C=C2/C(=O)NC(=O)N(c3ccccc3F)C2=O)cc(Cl)c1OCc1ccc(C)c(C)c1. The highest BCUT2D eigenvalue weighted by atomic mass is 35.5. The molecule has 0 unspecified atom stereocenters. The van der Waals surface area contributed by atoms with Crippen molar-refractivity contribution in [2.24, 2.45) is 0 Å². The minimum atomic E-state index is -1.04. The van der Waals surface area contributed by atoms with Gasteiger partial charge in [-0.3, -0.25) is 14.9 Å². The Morgan fingerprint density at radius 3 is 2.47 bits per heavy atom. The van der Waals surface area contributed by atoms with E-state index in [-0.39, 0.29) is 28.6 Å². The van der Waals surface area contributed by atoms with Gasteiger partial charge in [-0.1, -0.05) is 41.9 Å². The van der Waals surface area contributed by atoms with Gasteiger partial charge in [-0.2, -0.15) is 0 Å². The summed E-state index contributed by atoms with van der Waals surface area (Å²) in [6.07, 6.45) is 1.25. The van der Waals surface area contributed by atoms with Crippen LogP contribution >= 0.6 is 11.6 Å². The molecule has 0 aliphatic carbocycles. The number of barbiturate groups is 1. The molecule has 1 aliphatic heterocycles. The number of ether oxygens (including phenoxy) is 2. The quantitative estimate of drug-likeness (QED) is 0.358. The van der Waals surface area contributed by atoms with Crippen LogP contribution < -0.4 is 19.7 Å². The molecule has 1 saturated heterocycles. The first kappa shape index (κ1) is 24.9. The third kappa shape index (κ3) is 4.94. The lowest BCUT2D eigenvalue weighted by Gasteiger charge is -2.26. The smallest absolute Gasteiger partial charge is 0.336 e. The van der Waals surface area contributed by atoms with Gasteiger partial charge in [0, 0.05) is 0 Å². The van der Waals surface area contributed by atoms with Crippen LogP contribution in [0.25, 0.3) is 6.08 Å². The van der Waals surface area contributed by atoms with Crippen LogP contribution in [0.4, 0.5) is 14.9 Å². The van der Waals surface area contributed by atoms with E-state index in [9.17, 15) is 18.8 Å². The highest BCUT2D eigenvalue weighted by molar-refractivity contribution is 6.39. The van der Waals surface area contributed by atoms with Crippen LogP contribution in [0.15, 0.2) is 60.2 Å². The van der Waals surface area contributed by atoms with Gasteiger partial charge in [-0.25, -0.2) is 14.1 Å². The highest BCUT2D eigenvalue weighted by Crippen LogP contribution is 2.38. The Morgan fingerprint density at radius 2 is 1.78 bits per heavy atom. The zero-order valence-electron chi connectivity index (χ0n) is 19.7. The highest BCUT2D eigenvalue weighted by Gasteiger charge is 2.38. The van der Waals surface area contributed by atoms with Crippen LogP contribution in [-0.4, -0.2) is 25.0 Å². The van der Waals surface area contributed by atoms with E-state index in [1.807, 2.05) is 32.0 Å². The molecule has 1 heterocycles. The predicted octanol–water partition coefficient (Wildman–Crippen LogP) is 5.35. The number of halogens is 2. The maximum absolute atomic E-state index is 14.3. The number of rotatable bonds is 6. The van der Waals surface area contributed by atoms with Crippen LogP contribution in [0.3, 0.4) is 0 Å². The lowest BCUT2D eigenvalue weighted by atomic mass is 10.1. The van der Waals surface area contributed by atoms with Gasteiger partial charge in [-0.05, 0) is 66.4 Å². The van der Waals surface area contributed by atoms with Crippen LogP contribution in [0.5, 0.6) is 11.5 Å². The molecule has 4 amide bonds. The third-order valence-corrected chi connectivity index (χ3v) is 5.99. The number of carbonyl (C=O) groups excluding carboxylic acids is 3. The number of urea groups is 1. The Labute approximate surface area is 212 Å². The summed E-state index contributed by atoms with van der Waals surface area (Å²) in [5.41, 5.74) is 2.95. The van der Waals surface area contributed by atoms with E-state index in [1.165, 1.54) is 43.0 Å². The minimum Gasteiger partial charge on any atom is -0.493 e. The molecule has 9 heteroatoms. The molecule has 0 radical (unpaired) electrons. The number of benzene rings is 3. The standard InChI is InChI=1S/C27H22ClFN2O5/c1-15-8-9-17(10-16(15)2)14-36-24-20(28)12-18(13-23(24)35-3)11-19-25(32)30-27(34)31(26(19)33)22-7-5-4-6-21(22)29/h4-13H,14H2,1-3H3,(H,30,32,34)/b19-11-. The Kier molecular flexibility index (Phi) is 7.07. The van der Waals surface area contributed by atoms with Crippen LogP contribution in [0.2, 0.25) is 5.02 Å². The second-order valence-electron chi connectivity index (χ2n) is 8.15. The van der Waals surface area contributed by atoms with Crippen molar-refractivity contribution in [3.05, 3.63) is 93.3 Å². The minimum absolute atomic E-state index is 0.190. The molecule has 7 nitrogen and oxygen atoms in total. The number of amides is 4. The molecule has 0 saturated carbocycles. The summed E-state index contributed by atoms with van der Waals surface area (Å²) in [4.78, 5) is 38.4. The van der Waals surface area contributed by atoms with Crippen molar-refractivity contribution in [3.8, 4) is 11.5 Å². The molecule has 0 atom stereocenters. The molecular formula is C27H22ClFN2O5. The van der Waals surface area contributed by atoms with Crippen molar-refractivity contribution in [1.82, 2.24) is 5.32 Å². The first-order chi connectivity index (χ1) is 17.2. The van der Waals surface area contributed by atoms with Crippen LogP contribution in [-0.2, 0) is 16.2 Å². The molecule has 184 valence electrons. The summed E-state index contributed by atoms with van der Waals surface area (Å²) in [5, 5.41) is 2.25. The Bertz CT molecular complexity index is 1420. The lowest BCUT2D eigenvalue weighted by Crippen LogP contribution is -2.54. The molecule has 36 heavy (non-hydrogen) atoms. The zero-order valence-corrected chi connectivity index (χ0v) is 20.5. The molecule has 1 N–H and O–H groups in total. The number of nitrogens with one attached hydrogen (secondary N) is 1. The Morgan fingerprint density at radius 1 is 1.03 bits per heavy atom. The number of hydrogen-bond donors (Lipinski definition) is 1. The van der Waals surface area contributed by atoms with E-state index in [4.69, 9.17) is 21.1 Å². The van der Waals surface area contributed by atoms with Gasteiger partial charge in [0.05, 0.1) is 17.8 Å². The molecule has 4 rings (SSSR count). The molecule has 1 aliphatic rings. The van der Waals surface area contributed by atoms with E-state index < -0.39 is 23.7 Å². The molecule has 3 aromatic carbocycles. The van der Waals surface area contributed by atoms with Gasteiger partial charge < -0.3 is 9.47 Å². The van der Waals surface area contributed by atoms with Gasteiger partial charge >= 0.3 is 6.03 Å². The van der Waals surface area contributed by atoms with Crippen molar-refractivity contribution in [1.29, 1.82) is 0 Å². The monoisotopic (exact) mass is 508 g/mol. The lowest BCUT2D eigenvalue weighted by molar-refractivity contribution is -0.122. The summed E-state index contributed by atoms with van der Waals surface area (Å²) in [5.74, 6) is -2.10. The third-order valence-electron chi connectivity index (χ3n) is 5.71. The molecule has 0 bridgehead atoms. The summed E-state index contributed by atoms with van der Waals surface area (Å²) >= 11 is 6.46. The number of methoxy groups -OCH3 is 1. The largest absolute Gasteiger partial charge is 0.493 e. The topological polar surface area (TPSA) is 84.9 Å². The average molecular weight is 509 g/mol. The van der Waals surface area contributed by atoms with Crippen molar-refractivity contribution in [2.45, 2.75) is 20.5 Å². The van der Waals surface area contributed by atoms with E-state index in [2.05, 4.69) is 5.32 Å². The summed E-state index contributed by atoms with van der Waals surface area (Å²) in [6.45, 7) is 4.28. The van der Waals surface area contributed by atoms with Crippen LogP contribution in [0, 0.1) is 19.7 Å². The zero-order chi connectivity index (χ0) is 26.0. The number of para-hydroxylation sites is 1. The number of imide groups is 2. The second kappa shape index (κ2) is 10.2. The van der Waals surface area contributed by atoms with Crippen molar-refractivity contribution < 1.29 is 28.2 Å². The summed E-state index contributed by atoms with van der Waals surface area (Å²) in [6, 6.07) is 13.2. The van der Waals surface area contributed by atoms with E-state index in [0.717, 1.165) is 17.2 Å². The van der Waals surface area contributed by atoms with Crippen molar-refractivity contribution >= 4 is 41.2 Å². The van der Waals surface area contributed by atoms with E-state index >= 15 is 0 Å². The van der Waals surface area contributed by atoms with Crippen molar-refractivity contribution in [3.63, 3.8) is 0 Å². The normalized spacial score (nSPS) is 14.8. The Hall–Kier alpha value is -4.17. The fourth-order valence-corrected chi connectivity index (χ4v) is 3.96. The first-order valence-corrected chi connectivity index (χ1v) is 11.3. The van der Waals surface area contributed by atoms with Crippen molar-refractivity contribution in [2.75, 3.05) is 12.0 Å².